The van der Waals surface area contributed by atoms with Crippen molar-refractivity contribution in [3.05, 3.63) is 36.7 Å². The molecule has 154 valence electrons. The maximum Gasteiger partial charge on any atom is 0.392 e. The first-order valence-corrected chi connectivity index (χ1v) is 8.99. The lowest BCUT2D eigenvalue weighted by atomic mass is 10.1. The monoisotopic (exact) mass is 399 g/mol. The van der Waals surface area contributed by atoms with Gasteiger partial charge >= 0.3 is 6.18 Å². The molecule has 2 heterocycles. The van der Waals surface area contributed by atoms with E-state index in [0.717, 1.165) is 55.9 Å². The number of hydrogen-bond donors (Lipinski definition) is 2. The smallest absolute Gasteiger partial charge is 0.323 e. The van der Waals surface area contributed by atoms with Crippen LogP contribution in [0.1, 0.15) is 25.7 Å². The summed E-state index contributed by atoms with van der Waals surface area (Å²) >= 11 is 0. The van der Waals surface area contributed by atoms with E-state index in [-0.39, 0.29) is 18.4 Å². The van der Waals surface area contributed by atoms with Crippen molar-refractivity contribution in [2.24, 2.45) is 4.99 Å². The van der Waals surface area contributed by atoms with Gasteiger partial charge in [-0.3, -0.25) is 24.5 Å². The Morgan fingerprint density at radius 1 is 1.36 bits per heavy atom. The van der Waals surface area contributed by atoms with E-state index in [2.05, 4.69) is 27.2 Å². The first-order valence-electron chi connectivity index (χ1n) is 8.99. The zero-order chi connectivity index (χ0) is 20.6. The maximum atomic E-state index is 12.4. The van der Waals surface area contributed by atoms with Crippen molar-refractivity contribution in [2.75, 3.05) is 19.6 Å². The Morgan fingerprint density at radius 2 is 2.07 bits per heavy atom. The van der Waals surface area contributed by atoms with Crippen molar-refractivity contribution in [2.45, 2.75) is 38.0 Å². The van der Waals surface area contributed by atoms with Crippen molar-refractivity contribution in [1.82, 2.24) is 20.7 Å². The Labute approximate surface area is 161 Å². The topological polar surface area (TPSA) is 77.0 Å². The molecule has 0 aromatic heterocycles. The summed E-state index contributed by atoms with van der Waals surface area (Å²) in [6, 6.07) is 0. The predicted octanol–water partition coefficient (Wildman–Crippen LogP) is 1.87. The Morgan fingerprint density at radius 3 is 2.71 bits per heavy atom. The molecule has 1 saturated heterocycles. The molecule has 0 saturated carbocycles. The number of hydrazine groups is 1. The molecule has 2 rings (SSSR count). The number of piperidine rings is 1. The third-order valence-electron chi connectivity index (χ3n) is 4.22. The van der Waals surface area contributed by atoms with E-state index in [0.29, 0.717) is 0 Å². The zero-order valence-electron chi connectivity index (χ0n) is 15.4. The molecule has 10 heteroatoms. The van der Waals surface area contributed by atoms with Gasteiger partial charge in [-0.05, 0) is 32.0 Å². The average Bonchev–Trinajstić information content (AvgIpc) is 2.65. The van der Waals surface area contributed by atoms with E-state index in [1.807, 2.05) is 0 Å². The number of rotatable bonds is 7. The molecular formula is C18H24F3N5O2. The molecule has 1 unspecified atom stereocenters. The van der Waals surface area contributed by atoms with Crippen LogP contribution in [0.15, 0.2) is 41.7 Å². The molecule has 28 heavy (non-hydrogen) atoms. The number of carbonyl (C=O) groups is 2. The zero-order valence-corrected chi connectivity index (χ0v) is 15.4. The van der Waals surface area contributed by atoms with Crippen molar-refractivity contribution >= 4 is 18.0 Å². The fraction of sp³-hybridized carbons (Fsp3) is 0.500. The normalized spacial score (nSPS) is 22.0. The highest BCUT2D eigenvalue weighted by Crippen LogP contribution is 2.20. The largest absolute Gasteiger partial charge is 0.392 e. The van der Waals surface area contributed by atoms with Crippen LogP contribution < -0.4 is 10.7 Å². The summed E-state index contributed by atoms with van der Waals surface area (Å²) in [5.74, 6) is -1.04. The fourth-order valence-electron chi connectivity index (χ4n) is 2.89. The van der Waals surface area contributed by atoms with Crippen LogP contribution in [0.3, 0.4) is 0 Å². The molecule has 7 nitrogen and oxygen atoms in total. The number of nitrogens with zero attached hydrogens (tertiary/aromatic N) is 3. The quantitative estimate of drug-likeness (QED) is 0.641. The Bertz CT molecular complexity index is 667. The minimum Gasteiger partial charge on any atom is -0.323 e. The minimum atomic E-state index is -4.41. The second-order valence-corrected chi connectivity index (χ2v) is 6.44. The highest BCUT2D eigenvalue weighted by atomic mass is 19.4. The number of amides is 2. The fourth-order valence-corrected chi connectivity index (χ4v) is 2.89. The summed E-state index contributed by atoms with van der Waals surface area (Å²) in [6.07, 6.45) is 3.62. The molecule has 1 fully saturated rings. The second-order valence-electron chi connectivity index (χ2n) is 6.44. The lowest BCUT2D eigenvalue weighted by molar-refractivity contribution is -0.137. The van der Waals surface area contributed by atoms with Crippen LogP contribution in [-0.2, 0) is 9.59 Å². The van der Waals surface area contributed by atoms with Crippen molar-refractivity contribution in [3.63, 3.8) is 0 Å². The molecule has 1 atom stereocenters. The average molecular weight is 399 g/mol. The number of aliphatic imine (C=N–C) groups is 1. The third kappa shape index (κ3) is 7.28. The third-order valence-corrected chi connectivity index (χ3v) is 4.22. The highest BCUT2D eigenvalue weighted by Gasteiger charge is 2.28. The van der Waals surface area contributed by atoms with E-state index in [1.54, 1.807) is 6.08 Å². The standard InChI is InChI=1S/C18H24F3N5O2/c1-2-22-12-14(8-9-18(19,20)21)23-16(27)13-26-17(28)7-6-15(24-26)25-10-4-3-5-11-25/h2,6-8,12,15,24H,1,3-5,9-11,13H2,(H,23,27)/b14-8+,22-12?. The van der Waals surface area contributed by atoms with E-state index in [9.17, 15) is 22.8 Å². The molecule has 0 bridgehead atoms. The van der Waals surface area contributed by atoms with Crippen LogP contribution in [0.25, 0.3) is 0 Å². The summed E-state index contributed by atoms with van der Waals surface area (Å²) in [5.41, 5.74) is 2.87. The van der Waals surface area contributed by atoms with Gasteiger partial charge in [0.15, 0.2) is 0 Å². The molecule has 2 N–H and O–H groups in total. The second kappa shape index (κ2) is 10.2. The molecule has 0 aromatic rings. The van der Waals surface area contributed by atoms with Gasteiger partial charge < -0.3 is 5.32 Å². The van der Waals surface area contributed by atoms with Gasteiger partial charge in [0.1, 0.15) is 6.54 Å². The number of hydrogen-bond acceptors (Lipinski definition) is 5. The number of likely N-dealkylation sites (tertiary alicyclic amines) is 1. The predicted molar refractivity (Wildman–Crippen MR) is 98.8 cm³/mol. The first-order chi connectivity index (χ1) is 13.3. The number of allylic oxidation sites excluding steroid dienone is 2. The van der Waals surface area contributed by atoms with Crippen LogP contribution in [0, 0.1) is 0 Å². The SMILES string of the molecule is C=CN=C/C(=C\CC(F)(F)F)NC(=O)CN1NC(N2CCCCC2)C=CC1=O. The Kier molecular flexibility index (Phi) is 7.94. The van der Waals surface area contributed by atoms with Gasteiger partial charge in [-0.15, -0.1) is 0 Å². The van der Waals surface area contributed by atoms with Gasteiger partial charge in [0.05, 0.1) is 24.5 Å². The number of alkyl halides is 3. The molecule has 0 aliphatic carbocycles. The van der Waals surface area contributed by atoms with Crippen LogP contribution in [0.5, 0.6) is 0 Å². The first kappa shape index (κ1) is 21.8. The molecule has 2 amide bonds. The molecule has 0 aromatic carbocycles. The lowest BCUT2D eigenvalue weighted by Crippen LogP contribution is -2.59. The van der Waals surface area contributed by atoms with Gasteiger partial charge in [-0.2, -0.15) is 13.2 Å². The van der Waals surface area contributed by atoms with E-state index < -0.39 is 24.4 Å². The van der Waals surface area contributed by atoms with Crippen LogP contribution >= 0.6 is 0 Å². The van der Waals surface area contributed by atoms with Gasteiger partial charge in [0.2, 0.25) is 5.91 Å². The maximum absolute atomic E-state index is 12.4. The summed E-state index contributed by atoms with van der Waals surface area (Å²) in [4.78, 5) is 30.1. The summed E-state index contributed by atoms with van der Waals surface area (Å²) in [7, 11) is 0. The summed E-state index contributed by atoms with van der Waals surface area (Å²) in [5, 5.41) is 3.49. The van der Waals surface area contributed by atoms with Crippen molar-refractivity contribution in [3.8, 4) is 0 Å². The van der Waals surface area contributed by atoms with Gasteiger partial charge in [-0.25, -0.2) is 5.43 Å². The molecular weight excluding hydrogens is 375 g/mol. The van der Waals surface area contributed by atoms with Crippen molar-refractivity contribution < 1.29 is 22.8 Å². The van der Waals surface area contributed by atoms with E-state index in [1.165, 1.54) is 6.08 Å². The molecule has 0 radical (unpaired) electrons. The van der Waals surface area contributed by atoms with Gasteiger partial charge in [-0.1, -0.05) is 19.1 Å². The van der Waals surface area contributed by atoms with Crippen molar-refractivity contribution in [1.29, 1.82) is 0 Å². The van der Waals surface area contributed by atoms with Gasteiger partial charge in [0, 0.05) is 12.3 Å². The number of nitrogens with one attached hydrogen (secondary N) is 2. The Hall–Kier alpha value is -2.46. The highest BCUT2D eigenvalue weighted by molar-refractivity contribution is 5.94. The van der Waals surface area contributed by atoms with Crippen LogP contribution in [0.2, 0.25) is 0 Å². The number of halogens is 3. The van der Waals surface area contributed by atoms with Gasteiger partial charge in [0.25, 0.3) is 5.91 Å². The Balaban J connectivity index is 1.97. The minimum absolute atomic E-state index is 0.116. The van der Waals surface area contributed by atoms with Crippen LogP contribution in [-0.4, -0.2) is 59.9 Å². The summed E-state index contributed by atoms with van der Waals surface area (Å²) < 4.78 is 37.3. The molecule has 2 aliphatic rings. The van der Waals surface area contributed by atoms with Crippen LogP contribution in [0.4, 0.5) is 13.2 Å². The summed E-state index contributed by atoms with van der Waals surface area (Å²) in [6.45, 7) is 4.77. The molecule has 0 spiro atoms. The van der Waals surface area contributed by atoms with E-state index in [4.69, 9.17) is 0 Å². The lowest BCUT2D eigenvalue weighted by Gasteiger charge is -2.38. The molecule has 2 aliphatic heterocycles. The van der Waals surface area contributed by atoms with E-state index >= 15 is 0 Å². The number of carbonyl (C=O) groups excluding carboxylic acids is 2.